The number of carbonyl (C=O) groups is 2. The van der Waals surface area contributed by atoms with Crippen LogP contribution in [0.15, 0.2) is 48.1 Å². The summed E-state index contributed by atoms with van der Waals surface area (Å²) in [6, 6.07) is 9.74. The molecule has 0 aromatic carbocycles. The van der Waals surface area contributed by atoms with Gasteiger partial charge in [0.2, 0.25) is 5.91 Å². The highest BCUT2D eigenvalue weighted by Gasteiger charge is 2.29. The highest BCUT2D eigenvalue weighted by molar-refractivity contribution is 7.13. The summed E-state index contributed by atoms with van der Waals surface area (Å²) < 4.78 is 1.76. The third-order valence-electron chi connectivity index (χ3n) is 7.63. The number of likely N-dealkylation sites (N-methyl/N-ethyl adjacent to an activating group) is 1. The number of hydrogen-bond donors (Lipinski definition) is 2. The Kier molecular flexibility index (Phi) is 8.41. The minimum absolute atomic E-state index is 0.0550. The highest BCUT2D eigenvalue weighted by atomic mass is 32.1. The molecule has 5 rings (SSSR count). The number of nitrogens with one attached hydrogen (secondary N) is 2. The normalized spacial score (nSPS) is 16.0. The highest BCUT2D eigenvalue weighted by Crippen LogP contribution is 2.36. The third kappa shape index (κ3) is 5.57. The number of hydrogen-bond acceptors (Lipinski definition) is 8. The van der Waals surface area contributed by atoms with E-state index in [-0.39, 0.29) is 23.8 Å². The number of nitrogens with zero attached hydrogens (tertiary/aromatic N) is 6. The lowest BCUT2D eigenvalue weighted by Crippen LogP contribution is -2.42. The van der Waals surface area contributed by atoms with E-state index < -0.39 is 0 Å². The maximum Gasteiger partial charge on any atom is 0.251 e. The summed E-state index contributed by atoms with van der Waals surface area (Å²) in [5, 5.41) is 12.7. The Hall–Kier alpha value is -3.83. The van der Waals surface area contributed by atoms with Crippen LogP contribution in [-0.2, 0) is 4.79 Å². The van der Waals surface area contributed by atoms with Crippen molar-refractivity contribution in [2.75, 3.05) is 44.7 Å². The fourth-order valence-corrected chi connectivity index (χ4v) is 6.05. The zero-order valence-corrected chi connectivity index (χ0v) is 24.2. The summed E-state index contributed by atoms with van der Waals surface area (Å²) in [4.78, 5) is 40.5. The van der Waals surface area contributed by atoms with Gasteiger partial charge in [-0.15, -0.1) is 11.3 Å². The molecule has 0 spiro atoms. The standard InChI is InChI=1S/C29H36N8O2S/c1-5-35(6-2)19(3)17-32-29(39)20-9-12-31-22(16-20)25-26(23-8-7-15-40-23)34-37-14-11-24(33-27(25)37)36-13-10-21(18-36)28(38)30-4/h7-9,11-12,14-16,19,21H,5-6,10,13,17-18H2,1-4H3,(H,30,38)(H,32,39). The SMILES string of the molecule is CCN(CC)C(C)CNC(=O)c1ccnc(-c2c(-c3cccs3)nn3ccc(N4CCC(C(=O)NC)C4)nc23)c1. The van der Waals surface area contributed by atoms with Crippen LogP contribution in [0.4, 0.5) is 5.82 Å². The monoisotopic (exact) mass is 560 g/mol. The number of thiophene rings is 1. The van der Waals surface area contributed by atoms with Crippen LogP contribution in [-0.4, -0.2) is 82.1 Å². The van der Waals surface area contributed by atoms with Gasteiger partial charge in [-0.05, 0) is 56.1 Å². The van der Waals surface area contributed by atoms with Crippen molar-refractivity contribution in [3.63, 3.8) is 0 Å². The number of amides is 2. The van der Waals surface area contributed by atoms with Gasteiger partial charge in [0, 0.05) is 50.7 Å². The molecule has 0 aliphatic carbocycles. The van der Waals surface area contributed by atoms with Crippen molar-refractivity contribution in [1.82, 2.24) is 35.1 Å². The molecule has 2 amide bonds. The first-order valence-electron chi connectivity index (χ1n) is 13.8. The summed E-state index contributed by atoms with van der Waals surface area (Å²) in [6.07, 6.45) is 4.35. The minimum Gasteiger partial charge on any atom is -0.359 e. The zero-order chi connectivity index (χ0) is 28.2. The Bertz CT molecular complexity index is 1480. The summed E-state index contributed by atoms with van der Waals surface area (Å²) >= 11 is 1.59. The molecule has 0 radical (unpaired) electrons. The van der Waals surface area contributed by atoms with E-state index in [2.05, 4.69) is 46.2 Å². The van der Waals surface area contributed by atoms with Crippen LogP contribution < -0.4 is 15.5 Å². The summed E-state index contributed by atoms with van der Waals surface area (Å²) in [5.74, 6) is 0.648. The molecule has 2 unspecified atom stereocenters. The molecule has 4 aromatic rings. The van der Waals surface area contributed by atoms with Crippen LogP contribution in [0.1, 0.15) is 37.6 Å². The van der Waals surface area contributed by atoms with Crippen molar-refractivity contribution in [2.45, 2.75) is 33.2 Å². The van der Waals surface area contributed by atoms with Crippen LogP contribution in [0.3, 0.4) is 0 Å². The predicted octanol–water partition coefficient (Wildman–Crippen LogP) is 3.55. The summed E-state index contributed by atoms with van der Waals surface area (Å²) in [7, 11) is 1.67. The van der Waals surface area contributed by atoms with E-state index in [4.69, 9.17) is 10.1 Å². The average Bonchev–Trinajstić information content (AvgIpc) is 3.75. The van der Waals surface area contributed by atoms with Crippen LogP contribution in [0.2, 0.25) is 0 Å². The van der Waals surface area contributed by atoms with E-state index in [1.807, 2.05) is 35.8 Å². The number of pyridine rings is 1. The summed E-state index contributed by atoms with van der Waals surface area (Å²) in [6.45, 7) is 10.2. The van der Waals surface area contributed by atoms with Gasteiger partial charge >= 0.3 is 0 Å². The number of carbonyl (C=O) groups excluding carboxylic acids is 2. The first-order chi connectivity index (χ1) is 19.4. The second-order valence-electron chi connectivity index (χ2n) is 10.0. The molecule has 2 N–H and O–H groups in total. The molecule has 1 aliphatic heterocycles. The van der Waals surface area contributed by atoms with Crippen molar-refractivity contribution in [2.24, 2.45) is 5.92 Å². The Labute approximate surface area is 238 Å². The molecule has 0 saturated carbocycles. The zero-order valence-electron chi connectivity index (χ0n) is 23.4. The predicted molar refractivity (Wildman–Crippen MR) is 159 cm³/mol. The van der Waals surface area contributed by atoms with Gasteiger partial charge in [0.15, 0.2) is 5.65 Å². The lowest BCUT2D eigenvalue weighted by Gasteiger charge is -2.26. The number of rotatable bonds is 10. The van der Waals surface area contributed by atoms with Gasteiger partial charge in [0.1, 0.15) is 11.5 Å². The molecular formula is C29H36N8O2S. The quantitative estimate of drug-likeness (QED) is 0.305. The average molecular weight is 561 g/mol. The van der Waals surface area contributed by atoms with Crippen molar-refractivity contribution < 1.29 is 9.59 Å². The van der Waals surface area contributed by atoms with Gasteiger partial charge in [-0.3, -0.25) is 19.5 Å². The molecule has 11 heteroatoms. The topological polar surface area (TPSA) is 108 Å². The van der Waals surface area contributed by atoms with Gasteiger partial charge in [0.05, 0.1) is 22.1 Å². The molecule has 4 aromatic heterocycles. The van der Waals surface area contributed by atoms with Gasteiger partial charge in [-0.2, -0.15) is 5.10 Å². The van der Waals surface area contributed by atoms with Gasteiger partial charge < -0.3 is 15.5 Å². The van der Waals surface area contributed by atoms with E-state index in [9.17, 15) is 9.59 Å². The second kappa shape index (κ2) is 12.1. The molecule has 10 nitrogen and oxygen atoms in total. The lowest BCUT2D eigenvalue weighted by molar-refractivity contribution is -0.123. The van der Waals surface area contributed by atoms with Crippen molar-refractivity contribution in [3.05, 3.63) is 53.7 Å². The molecule has 1 saturated heterocycles. The molecule has 5 heterocycles. The van der Waals surface area contributed by atoms with Crippen LogP contribution >= 0.6 is 11.3 Å². The summed E-state index contributed by atoms with van der Waals surface area (Å²) in [5.41, 5.74) is 3.38. The van der Waals surface area contributed by atoms with Gasteiger partial charge in [0.25, 0.3) is 5.91 Å². The maximum absolute atomic E-state index is 13.2. The van der Waals surface area contributed by atoms with E-state index >= 15 is 0 Å². The fourth-order valence-electron chi connectivity index (χ4n) is 5.33. The molecule has 1 fully saturated rings. The van der Waals surface area contributed by atoms with Crippen LogP contribution in [0.25, 0.3) is 27.5 Å². The Morgan fingerprint density at radius 1 is 1.23 bits per heavy atom. The molecule has 2 atom stereocenters. The third-order valence-corrected chi connectivity index (χ3v) is 8.50. The van der Waals surface area contributed by atoms with E-state index in [0.29, 0.717) is 30.0 Å². The van der Waals surface area contributed by atoms with Crippen LogP contribution in [0.5, 0.6) is 0 Å². The number of fused-ring (bicyclic) bond motifs is 1. The molecule has 0 bridgehead atoms. The number of anilines is 1. The van der Waals surface area contributed by atoms with E-state index in [0.717, 1.165) is 48.0 Å². The smallest absolute Gasteiger partial charge is 0.251 e. The first kappa shape index (κ1) is 27.7. The molecule has 1 aliphatic rings. The van der Waals surface area contributed by atoms with Crippen molar-refractivity contribution in [3.8, 4) is 21.8 Å². The molecular weight excluding hydrogens is 524 g/mol. The minimum atomic E-state index is -0.136. The van der Waals surface area contributed by atoms with Crippen molar-refractivity contribution in [1.29, 1.82) is 0 Å². The fraction of sp³-hybridized carbons (Fsp3) is 0.414. The lowest BCUT2D eigenvalue weighted by atomic mass is 10.1. The molecule has 40 heavy (non-hydrogen) atoms. The maximum atomic E-state index is 13.2. The number of aromatic nitrogens is 4. The van der Waals surface area contributed by atoms with Gasteiger partial charge in [-0.25, -0.2) is 9.50 Å². The Morgan fingerprint density at radius 3 is 2.77 bits per heavy atom. The Balaban J connectivity index is 1.49. The molecule has 210 valence electrons. The Morgan fingerprint density at radius 2 is 2.05 bits per heavy atom. The first-order valence-corrected chi connectivity index (χ1v) is 14.7. The van der Waals surface area contributed by atoms with E-state index in [1.54, 1.807) is 35.2 Å². The van der Waals surface area contributed by atoms with Crippen molar-refractivity contribution >= 4 is 34.6 Å². The van der Waals surface area contributed by atoms with Crippen LogP contribution in [0, 0.1) is 5.92 Å². The van der Waals surface area contributed by atoms with E-state index in [1.165, 1.54) is 0 Å². The second-order valence-corrected chi connectivity index (χ2v) is 11.0. The van der Waals surface area contributed by atoms with Gasteiger partial charge in [-0.1, -0.05) is 19.9 Å². The largest absolute Gasteiger partial charge is 0.359 e.